The molecule has 0 radical (unpaired) electrons. The second kappa shape index (κ2) is 5.50. The summed E-state index contributed by atoms with van der Waals surface area (Å²) in [6.07, 6.45) is 4.00. The molecule has 1 aromatic carbocycles. The van der Waals surface area contributed by atoms with Gasteiger partial charge in [-0.2, -0.15) is 0 Å². The van der Waals surface area contributed by atoms with E-state index in [0.717, 1.165) is 10.0 Å². The first-order valence-corrected chi connectivity index (χ1v) is 7.10. The van der Waals surface area contributed by atoms with Crippen molar-refractivity contribution in [2.24, 2.45) is 0 Å². The van der Waals surface area contributed by atoms with Gasteiger partial charge in [0.25, 0.3) is 0 Å². The minimum atomic E-state index is -1.78. The van der Waals surface area contributed by atoms with Crippen LogP contribution in [0.4, 0.5) is 4.39 Å². The number of hydrogen-bond donors (Lipinski definition) is 0. The van der Waals surface area contributed by atoms with Crippen LogP contribution in [-0.2, 0) is 4.65 Å². The smallest absolute Gasteiger partial charge is 0.355 e. The van der Waals surface area contributed by atoms with Crippen LogP contribution in [0.5, 0.6) is 0 Å². The van der Waals surface area contributed by atoms with Gasteiger partial charge in [-0.3, -0.25) is 0 Å². The summed E-state index contributed by atoms with van der Waals surface area (Å²) < 4.78 is 20.7. The van der Waals surface area contributed by atoms with Crippen molar-refractivity contribution in [1.29, 1.82) is 0 Å². The number of halogens is 3. The molecule has 0 heterocycles. The molecule has 5 heteroatoms. The number of allylic oxidation sites excluding steroid dienone is 2. The monoisotopic (exact) mass is 358 g/mol. The molecule has 17 heavy (non-hydrogen) atoms. The first-order valence-electron chi connectivity index (χ1n) is 5.18. The maximum atomic E-state index is 14.8. The van der Waals surface area contributed by atoms with E-state index in [4.69, 9.17) is 4.65 Å². The lowest BCUT2D eigenvalue weighted by Crippen LogP contribution is -2.30. The zero-order chi connectivity index (χ0) is 12.3. The number of rotatable bonds is 3. The van der Waals surface area contributed by atoms with Gasteiger partial charge in [0.2, 0.25) is 5.85 Å². The lowest BCUT2D eigenvalue weighted by molar-refractivity contribution is 0.00381. The summed E-state index contributed by atoms with van der Waals surface area (Å²) >= 11 is 6.51. The SMILES string of the molecule is FC1(OBBr)CC=CC(Br)=C1c1ccccc1. The van der Waals surface area contributed by atoms with Crippen LogP contribution in [0, 0.1) is 0 Å². The minimum absolute atomic E-state index is 0.161. The summed E-state index contributed by atoms with van der Waals surface area (Å²) in [5, 5.41) is 0. The van der Waals surface area contributed by atoms with Crippen LogP contribution in [0.25, 0.3) is 5.57 Å². The highest BCUT2D eigenvalue weighted by atomic mass is 79.9. The Hall–Kier alpha value is -0.385. The van der Waals surface area contributed by atoms with E-state index in [2.05, 4.69) is 31.7 Å². The highest BCUT2D eigenvalue weighted by Crippen LogP contribution is 2.42. The Bertz CT molecular complexity index is 461. The van der Waals surface area contributed by atoms with Crippen LogP contribution in [-0.4, -0.2) is 12.2 Å². The zero-order valence-corrected chi connectivity index (χ0v) is 12.2. The van der Waals surface area contributed by atoms with Gasteiger partial charge in [-0.15, -0.1) is 15.8 Å². The molecule has 1 atom stereocenters. The summed E-state index contributed by atoms with van der Waals surface area (Å²) in [4.78, 5) is 0. The second-order valence-electron chi connectivity index (χ2n) is 3.68. The van der Waals surface area contributed by atoms with Crippen molar-refractivity contribution in [3.05, 3.63) is 52.5 Å². The largest absolute Gasteiger partial charge is 0.394 e. The van der Waals surface area contributed by atoms with Gasteiger partial charge in [0.05, 0.1) is 0 Å². The Morgan fingerprint density at radius 3 is 2.65 bits per heavy atom. The average molecular weight is 360 g/mol. The van der Waals surface area contributed by atoms with Gasteiger partial charge in [0.15, 0.2) is 0 Å². The molecule has 1 unspecified atom stereocenters. The first-order chi connectivity index (χ1) is 8.17. The van der Waals surface area contributed by atoms with E-state index in [0.29, 0.717) is 5.57 Å². The third-order valence-corrected chi connectivity index (χ3v) is 3.49. The quantitative estimate of drug-likeness (QED) is 0.738. The van der Waals surface area contributed by atoms with Crippen LogP contribution in [0.3, 0.4) is 0 Å². The van der Waals surface area contributed by atoms with E-state index in [9.17, 15) is 4.39 Å². The molecule has 0 spiro atoms. The molecule has 0 aliphatic heterocycles. The Morgan fingerprint density at radius 2 is 2.00 bits per heavy atom. The fourth-order valence-corrected chi connectivity index (χ4v) is 2.93. The molecule has 0 fully saturated rings. The van der Waals surface area contributed by atoms with Gasteiger partial charge in [0, 0.05) is 16.5 Å². The molecule has 0 N–H and O–H groups in total. The molecular weight excluding hydrogens is 350 g/mol. The fourth-order valence-electron chi connectivity index (χ4n) is 1.85. The Morgan fingerprint density at radius 1 is 1.29 bits per heavy atom. The summed E-state index contributed by atoms with van der Waals surface area (Å²) in [5.41, 5.74) is 1.37. The standard InChI is InChI=1S/C12H10BBr2FO/c14-10-7-4-8-12(16,17-13-15)11(10)9-5-2-1-3-6-9/h1-7,13H,8H2. The lowest BCUT2D eigenvalue weighted by atomic mass is 9.92. The van der Waals surface area contributed by atoms with Crippen molar-refractivity contribution >= 4 is 43.6 Å². The average Bonchev–Trinajstić information content (AvgIpc) is 2.30. The van der Waals surface area contributed by atoms with Gasteiger partial charge in [0.1, 0.15) is 0 Å². The molecule has 2 rings (SSSR count). The fraction of sp³-hybridized carbons (Fsp3) is 0.167. The predicted octanol–water partition coefficient (Wildman–Crippen LogP) is 4.10. The summed E-state index contributed by atoms with van der Waals surface area (Å²) in [5.74, 6) is -1.78. The maximum Gasteiger partial charge on any atom is 0.355 e. The predicted molar refractivity (Wildman–Crippen MR) is 77.0 cm³/mol. The van der Waals surface area contributed by atoms with Crippen LogP contribution >= 0.6 is 31.7 Å². The molecule has 0 aromatic heterocycles. The lowest BCUT2D eigenvalue weighted by Gasteiger charge is -2.30. The second-order valence-corrected chi connectivity index (χ2v) is 4.99. The highest BCUT2D eigenvalue weighted by molar-refractivity contribution is 9.23. The molecule has 0 amide bonds. The summed E-state index contributed by atoms with van der Waals surface area (Å²) in [6.45, 7) is 0. The van der Waals surface area contributed by atoms with Crippen LogP contribution in [0.15, 0.2) is 47.0 Å². The molecular formula is C12H10BBr2FO. The van der Waals surface area contributed by atoms with Crippen molar-refractivity contribution in [3.63, 3.8) is 0 Å². The number of alkyl halides is 1. The van der Waals surface area contributed by atoms with Crippen molar-refractivity contribution in [2.75, 3.05) is 0 Å². The third kappa shape index (κ3) is 2.72. The van der Waals surface area contributed by atoms with E-state index in [1.54, 1.807) is 6.08 Å². The topological polar surface area (TPSA) is 9.23 Å². The molecule has 0 bridgehead atoms. The molecule has 1 aliphatic rings. The number of benzene rings is 1. The van der Waals surface area contributed by atoms with E-state index < -0.39 is 5.85 Å². The highest BCUT2D eigenvalue weighted by Gasteiger charge is 2.38. The molecule has 0 saturated carbocycles. The number of hydrogen-bond acceptors (Lipinski definition) is 1. The van der Waals surface area contributed by atoms with Gasteiger partial charge < -0.3 is 4.65 Å². The molecule has 1 aliphatic carbocycles. The zero-order valence-electron chi connectivity index (χ0n) is 9.00. The Balaban J connectivity index is 2.49. The van der Waals surface area contributed by atoms with E-state index in [-0.39, 0.29) is 12.7 Å². The molecule has 88 valence electrons. The third-order valence-electron chi connectivity index (χ3n) is 2.60. The molecule has 1 aromatic rings. The van der Waals surface area contributed by atoms with Gasteiger partial charge >= 0.3 is 6.31 Å². The van der Waals surface area contributed by atoms with Crippen molar-refractivity contribution in [3.8, 4) is 0 Å². The van der Waals surface area contributed by atoms with Crippen LogP contribution in [0.2, 0.25) is 0 Å². The van der Waals surface area contributed by atoms with E-state index in [1.807, 2.05) is 36.4 Å². The van der Waals surface area contributed by atoms with Crippen molar-refractivity contribution in [2.45, 2.75) is 12.3 Å². The van der Waals surface area contributed by atoms with Crippen LogP contribution in [0.1, 0.15) is 12.0 Å². The Labute approximate surface area is 117 Å². The molecule has 0 saturated heterocycles. The van der Waals surface area contributed by atoms with E-state index in [1.165, 1.54) is 0 Å². The Kier molecular flexibility index (Phi) is 4.23. The van der Waals surface area contributed by atoms with Gasteiger partial charge in [-0.05, 0) is 5.56 Å². The minimum Gasteiger partial charge on any atom is -0.394 e. The van der Waals surface area contributed by atoms with Crippen molar-refractivity contribution in [1.82, 2.24) is 0 Å². The van der Waals surface area contributed by atoms with Crippen molar-refractivity contribution < 1.29 is 9.04 Å². The summed E-state index contributed by atoms with van der Waals surface area (Å²) in [6, 6.07) is 9.43. The van der Waals surface area contributed by atoms with Gasteiger partial charge in [-0.1, -0.05) is 58.4 Å². The molecule has 1 nitrogen and oxygen atoms in total. The first kappa shape index (κ1) is 13.1. The normalized spacial score (nSPS) is 23.9. The summed E-state index contributed by atoms with van der Waals surface area (Å²) in [7, 11) is 0. The van der Waals surface area contributed by atoms with Gasteiger partial charge in [-0.25, -0.2) is 4.39 Å². The van der Waals surface area contributed by atoms with Crippen LogP contribution < -0.4 is 0 Å². The maximum absolute atomic E-state index is 14.8. The van der Waals surface area contributed by atoms with E-state index >= 15 is 0 Å².